The smallest absolute Gasteiger partial charge is 0.408 e. The van der Waals surface area contributed by atoms with Crippen LogP contribution in [0.1, 0.15) is 50.2 Å². The molecule has 0 unspecified atom stereocenters. The zero-order valence-corrected chi connectivity index (χ0v) is 22.4. The Balaban J connectivity index is 1.61. The molecule has 1 aromatic heterocycles. The fraction of sp³-hybridized carbons (Fsp3) is 0.400. The van der Waals surface area contributed by atoms with Gasteiger partial charge in [0.15, 0.2) is 5.52 Å². The van der Waals surface area contributed by atoms with E-state index < -0.39 is 40.4 Å². The van der Waals surface area contributed by atoms with Crippen LogP contribution in [0.25, 0.3) is 11.0 Å². The number of fused-ring (bicyclic) bond motifs is 3. The van der Waals surface area contributed by atoms with E-state index in [1.165, 1.54) is 12.1 Å². The van der Waals surface area contributed by atoms with Crippen LogP contribution in [0.2, 0.25) is 0 Å². The van der Waals surface area contributed by atoms with Gasteiger partial charge in [-0.25, -0.2) is 14.2 Å². The summed E-state index contributed by atoms with van der Waals surface area (Å²) in [6, 6.07) is 5.95. The molecule has 2 heterocycles. The molecule has 10 nitrogen and oxygen atoms in total. The van der Waals surface area contributed by atoms with E-state index >= 15 is 0 Å². The number of carbonyl (C=O) groups excluding carboxylic acids is 2. The van der Waals surface area contributed by atoms with Crippen LogP contribution < -0.4 is 10.6 Å². The van der Waals surface area contributed by atoms with Gasteiger partial charge in [0.25, 0.3) is 0 Å². The lowest BCUT2D eigenvalue weighted by Crippen LogP contribution is -2.50. The van der Waals surface area contributed by atoms with Gasteiger partial charge >= 0.3 is 11.8 Å². The molecule has 0 bridgehead atoms. The van der Waals surface area contributed by atoms with Crippen molar-refractivity contribution in [1.29, 1.82) is 0 Å². The Morgan fingerprint density at radius 3 is 2.62 bits per heavy atom. The Morgan fingerprint density at radius 1 is 1.32 bits per heavy atom. The third-order valence-electron chi connectivity index (χ3n) is 5.98. The lowest BCUT2D eigenvalue weighted by Gasteiger charge is -2.24. The molecule has 196 valence electrons. The third-order valence-corrected chi connectivity index (χ3v) is 6.98. The molecule has 0 saturated heterocycles. The number of halogens is 2. The van der Waals surface area contributed by atoms with Crippen LogP contribution in [0.3, 0.4) is 0 Å². The number of hydrogen-bond acceptors (Lipinski definition) is 6. The monoisotopic (exact) mass is 575 g/mol. The topological polar surface area (TPSA) is 128 Å². The largest absolute Gasteiger partial charge is 0.444 e. The number of aryl methyl sites for hydroxylation is 2. The number of nitrogens with zero attached hydrogens (tertiary/aromatic N) is 3. The Labute approximate surface area is 220 Å². The minimum absolute atomic E-state index is 0.103. The highest BCUT2D eigenvalue weighted by molar-refractivity contribution is 9.10. The zero-order valence-electron chi connectivity index (χ0n) is 20.8. The fourth-order valence-electron chi connectivity index (χ4n) is 4.34. The van der Waals surface area contributed by atoms with E-state index in [0.717, 1.165) is 0 Å². The molecule has 12 heteroatoms. The molecule has 2 amide bonds. The number of ether oxygens (including phenoxy) is 1. The number of nitro groups is 1. The number of nitro benzene ring substituents is 1. The molecule has 0 saturated carbocycles. The Bertz CT molecular complexity index is 1380. The molecule has 1 aliphatic rings. The van der Waals surface area contributed by atoms with Crippen molar-refractivity contribution in [2.45, 2.75) is 64.8 Å². The summed E-state index contributed by atoms with van der Waals surface area (Å²) in [7, 11) is 0. The molecule has 0 radical (unpaired) electrons. The van der Waals surface area contributed by atoms with E-state index in [-0.39, 0.29) is 17.6 Å². The molecule has 0 fully saturated rings. The zero-order chi connectivity index (χ0) is 27.1. The number of amides is 2. The average Bonchev–Trinajstić information content (AvgIpc) is 3.33. The van der Waals surface area contributed by atoms with E-state index in [0.29, 0.717) is 39.9 Å². The van der Waals surface area contributed by atoms with Gasteiger partial charge in [0.1, 0.15) is 27.8 Å². The first-order chi connectivity index (χ1) is 17.3. The van der Waals surface area contributed by atoms with Gasteiger partial charge in [-0.05, 0) is 79.4 Å². The third kappa shape index (κ3) is 5.74. The van der Waals surface area contributed by atoms with Crippen LogP contribution in [0.5, 0.6) is 0 Å². The molecule has 0 spiro atoms. The summed E-state index contributed by atoms with van der Waals surface area (Å²) in [5.41, 5.74) is 1.32. The maximum absolute atomic E-state index is 13.4. The summed E-state index contributed by atoms with van der Waals surface area (Å²) in [5.74, 6) is -0.389. The van der Waals surface area contributed by atoms with Crippen LogP contribution in [-0.2, 0) is 22.5 Å². The lowest BCUT2D eigenvalue weighted by molar-refractivity contribution is -0.384. The maximum atomic E-state index is 13.4. The quantitative estimate of drug-likeness (QED) is 0.319. The van der Waals surface area contributed by atoms with Crippen molar-refractivity contribution in [3.05, 3.63) is 67.7 Å². The van der Waals surface area contributed by atoms with Gasteiger partial charge < -0.3 is 19.9 Å². The number of aromatic nitrogens is 2. The Morgan fingerprint density at radius 2 is 2.00 bits per heavy atom. The van der Waals surface area contributed by atoms with Crippen molar-refractivity contribution in [2.24, 2.45) is 0 Å². The normalized spacial score (nSPS) is 15.8. The molecule has 1 aliphatic heterocycles. The van der Waals surface area contributed by atoms with Gasteiger partial charge in [-0.2, -0.15) is 0 Å². The lowest BCUT2D eigenvalue weighted by atomic mass is 10.0. The van der Waals surface area contributed by atoms with Gasteiger partial charge in [0.2, 0.25) is 5.91 Å². The second-order valence-electron chi connectivity index (χ2n) is 9.98. The number of nitrogens with one attached hydrogen (secondary N) is 2. The second-order valence-corrected chi connectivity index (χ2v) is 10.8. The average molecular weight is 576 g/mol. The summed E-state index contributed by atoms with van der Waals surface area (Å²) in [6.07, 6.45) is -0.126. The summed E-state index contributed by atoms with van der Waals surface area (Å²) < 4.78 is 20.9. The highest BCUT2D eigenvalue weighted by Crippen LogP contribution is 2.39. The summed E-state index contributed by atoms with van der Waals surface area (Å²) >= 11 is 3.29. The highest BCUT2D eigenvalue weighted by Gasteiger charge is 2.34. The van der Waals surface area contributed by atoms with Crippen molar-refractivity contribution in [1.82, 2.24) is 20.2 Å². The number of rotatable bonds is 6. The van der Waals surface area contributed by atoms with E-state index in [1.54, 1.807) is 39.8 Å². The van der Waals surface area contributed by atoms with Gasteiger partial charge in [0.05, 0.1) is 16.5 Å². The molecule has 2 aromatic carbocycles. The summed E-state index contributed by atoms with van der Waals surface area (Å²) in [6.45, 7) is 7.42. The first-order valence-corrected chi connectivity index (χ1v) is 12.5. The molecule has 37 heavy (non-hydrogen) atoms. The van der Waals surface area contributed by atoms with E-state index in [9.17, 15) is 24.1 Å². The van der Waals surface area contributed by atoms with Crippen LogP contribution >= 0.6 is 15.9 Å². The molecule has 3 aromatic rings. The molecule has 2 atom stereocenters. The van der Waals surface area contributed by atoms with E-state index in [2.05, 4.69) is 31.5 Å². The molecule has 0 aliphatic carbocycles. The fourth-order valence-corrected chi connectivity index (χ4v) is 4.79. The first kappa shape index (κ1) is 26.5. The van der Waals surface area contributed by atoms with Crippen molar-refractivity contribution in [2.75, 3.05) is 0 Å². The number of benzene rings is 2. The van der Waals surface area contributed by atoms with Crippen molar-refractivity contribution in [3.8, 4) is 0 Å². The van der Waals surface area contributed by atoms with Gasteiger partial charge in [-0.15, -0.1) is 0 Å². The highest BCUT2D eigenvalue weighted by atomic mass is 79.9. The summed E-state index contributed by atoms with van der Waals surface area (Å²) in [5, 5.41) is 17.3. The predicted molar refractivity (Wildman–Crippen MR) is 138 cm³/mol. The maximum Gasteiger partial charge on any atom is 0.408 e. The number of carbonyl (C=O) groups is 2. The van der Waals surface area contributed by atoms with E-state index in [4.69, 9.17) is 4.74 Å². The predicted octanol–water partition coefficient (Wildman–Crippen LogP) is 4.85. The molecular formula is C25H27BrFN5O5. The number of imidazole rings is 1. The van der Waals surface area contributed by atoms with Crippen LogP contribution in [0.4, 0.5) is 14.9 Å². The minimum Gasteiger partial charge on any atom is -0.444 e. The van der Waals surface area contributed by atoms with E-state index in [1.807, 2.05) is 10.6 Å². The Kier molecular flexibility index (Phi) is 7.22. The van der Waals surface area contributed by atoms with Crippen LogP contribution in [0.15, 0.2) is 34.8 Å². The van der Waals surface area contributed by atoms with Crippen molar-refractivity contribution in [3.63, 3.8) is 0 Å². The second kappa shape index (κ2) is 10.1. The summed E-state index contributed by atoms with van der Waals surface area (Å²) in [4.78, 5) is 41.7. The Hall–Kier alpha value is -3.54. The number of hydrogen-bond donors (Lipinski definition) is 2. The van der Waals surface area contributed by atoms with Crippen LogP contribution in [-0.4, -0.2) is 38.1 Å². The van der Waals surface area contributed by atoms with Crippen LogP contribution in [0, 0.1) is 22.9 Å². The minimum atomic E-state index is -1.01. The van der Waals surface area contributed by atoms with Gasteiger partial charge in [-0.3, -0.25) is 14.9 Å². The SMILES string of the molecule is Cc1cc2c(nc3n2CC[C@@H]3NC(=O)[C@H](Cc2ccc(F)cc2)NC(=O)OC(C)(C)C)c([N+](=O)[O-])c1Br. The first-order valence-electron chi connectivity index (χ1n) is 11.7. The van der Waals surface area contributed by atoms with Crippen molar-refractivity contribution < 1.29 is 23.6 Å². The van der Waals surface area contributed by atoms with Gasteiger partial charge in [0, 0.05) is 13.0 Å². The molecule has 4 rings (SSSR count). The molecule has 2 N–H and O–H groups in total. The van der Waals surface area contributed by atoms with Crippen molar-refractivity contribution >= 4 is 44.7 Å². The van der Waals surface area contributed by atoms with Gasteiger partial charge in [-0.1, -0.05) is 12.1 Å². The number of alkyl carbamates (subject to hydrolysis) is 1. The molecular weight excluding hydrogens is 549 g/mol. The standard InChI is InChI=1S/C25H27BrFN5O5/c1-13-11-18-20(21(19(13)26)32(35)36)30-22-16(9-10-31(18)22)28-23(33)17(29-24(34)37-25(2,3)4)12-14-5-7-15(27)8-6-14/h5-8,11,16-17H,9-10,12H2,1-4H3,(H,28,33)(H,29,34)/t16-,17-/m0/s1.